The van der Waals surface area contributed by atoms with Gasteiger partial charge in [-0.2, -0.15) is 0 Å². The SMILES string of the molecule is Cc1ccccc1CNC(=O)COC(=O)c1cc(F)ccc1Br. The van der Waals surface area contributed by atoms with Gasteiger partial charge in [0.1, 0.15) is 5.82 Å². The number of benzene rings is 2. The highest BCUT2D eigenvalue weighted by atomic mass is 79.9. The summed E-state index contributed by atoms with van der Waals surface area (Å²) in [5, 5.41) is 2.67. The van der Waals surface area contributed by atoms with Crippen LogP contribution in [0.5, 0.6) is 0 Å². The molecule has 1 N–H and O–H groups in total. The Bertz CT molecular complexity index is 734. The number of carbonyl (C=O) groups is 2. The van der Waals surface area contributed by atoms with Crippen LogP contribution in [-0.4, -0.2) is 18.5 Å². The minimum absolute atomic E-state index is 0.0386. The minimum Gasteiger partial charge on any atom is -0.452 e. The third-order valence-corrected chi connectivity index (χ3v) is 3.91. The van der Waals surface area contributed by atoms with Crippen molar-refractivity contribution in [2.24, 2.45) is 0 Å². The molecule has 6 heteroatoms. The molecule has 0 atom stereocenters. The van der Waals surface area contributed by atoms with Crippen LogP contribution in [0.3, 0.4) is 0 Å². The van der Waals surface area contributed by atoms with Crippen LogP contribution in [0.2, 0.25) is 0 Å². The van der Waals surface area contributed by atoms with Gasteiger partial charge in [0, 0.05) is 11.0 Å². The molecule has 23 heavy (non-hydrogen) atoms. The molecule has 0 bridgehead atoms. The Hall–Kier alpha value is -2.21. The highest BCUT2D eigenvalue weighted by molar-refractivity contribution is 9.10. The van der Waals surface area contributed by atoms with Crippen molar-refractivity contribution in [1.29, 1.82) is 0 Å². The summed E-state index contributed by atoms with van der Waals surface area (Å²) in [6.45, 7) is 1.88. The lowest BCUT2D eigenvalue weighted by molar-refractivity contribution is -0.124. The molecule has 120 valence electrons. The highest BCUT2D eigenvalue weighted by Gasteiger charge is 2.14. The van der Waals surface area contributed by atoms with Crippen LogP contribution in [0.15, 0.2) is 46.9 Å². The molecule has 0 spiro atoms. The quantitative estimate of drug-likeness (QED) is 0.810. The molecule has 2 rings (SSSR count). The number of hydrogen-bond acceptors (Lipinski definition) is 3. The van der Waals surface area contributed by atoms with Crippen LogP contribution in [0.4, 0.5) is 4.39 Å². The van der Waals surface area contributed by atoms with Crippen LogP contribution >= 0.6 is 15.9 Å². The molecule has 0 aliphatic heterocycles. The number of aryl methyl sites for hydroxylation is 1. The first-order chi connectivity index (χ1) is 11.0. The minimum atomic E-state index is -0.762. The van der Waals surface area contributed by atoms with Crippen molar-refractivity contribution < 1.29 is 18.7 Å². The lowest BCUT2D eigenvalue weighted by atomic mass is 10.1. The molecule has 1 amide bonds. The standard InChI is InChI=1S/C17H15BrFNO3/c1-11-4-2-3-5-12(11)9-20-16(21)10-23-17(22)14-8-13(19)6-7-15(14)18/h2-8H,9-10H2,1H3,(H,20,21). The fraction of sp³-hybridized carbons (Fsp3) is 0.176. The van der Waals surface area contributed by atoms with E-state index in [0.29, 0.717) is 11.0 Å². The Labute approximate surface area is 141 Å². The van der Waals surface area contributed by atoms with E-state index in [-0.39, 0.29) is 5.56 Å². The lowest BCUT2D eigenvalue weighted by Gasteiger charge is -2.09. The van der Waals surface area contributed by atoms with Crippen LogP contribution in [-0.2, 0) is 16.1 Å². The van der Waals surface area contributed by atoms with Gasteiger partial charge in [0.2, 0.25) is 0 Å². The molecule has 2 aromatic rings. The second-order valence-electron chi connectivity index (χ2n) is 4.90. The van der Waals surface area contributed by atoms with Crippen LogP contribution in [0.25, 0.3) is 0 Å². The van der Waals surface area contributed by atoms with Gasteiger partial charge in [-0.15, -0.1) is 0 Å². The van der Waals surface area contributed by atoms with Crippen molar-refractivity contribution in [3.05, 3.63) is 69.4 Å². The van der Waals surface area contributed by atoms with Gasteiger partial charge in [-0.25, -0.2) is 9.18 Å². The van der Waals surface area contributed by atoms with Crippen molar-refractivity contribution in [2.45, 2.75) is 13.5 Å². The van der Waals surface area contributed by atoms with Gasteiger partial charge >= 0.3 is 5.97 Å². The van der Waals surface area contributed by atoms with Gasteiger partial charge in [0.05, 0.1) is 5.56 Å². The maximum atomic E-state index is 13.1. The molecule has 0 unspecified atom stereocenters. The maximum absolute atomic E-state index is 13.1. The summed E-state index contributed by atoms with van der Waals surface area (Å²) in [5.41, 5.74) is 2.09. The summed E-state index contributed by atoms with van der Waals surface area (Å²) >= 11 is 3.14. The fourth-order valence-corrected chi connectivity index (χ4v) is 2.32. The maximum Gasteiger partial charge on any atom is 0.339 e. The van der Waals surface area contributed by atoms with E-state index in [4.69, 9.17) is 4.74 Å². The summed E-state index contributed by atoms with van der Waals surface area (Å²) in [5.74, 6) is -1.74. The number of carbonyl (C=O) groups excluding carboxylic acids is 2. The second kappa shape index (κ2) is 7.87. The summed E-state index contributed by atoms with van der Waals surface area (Å²) in [6.07, 6.45) is 0. The van der Waals surface area contributed by atoms with Crippen LogP contribution in [0, 0.1) is 12.7 Å². The monoisotopic (exact) mass is 379 g/mol. The van der Waals surface area contributed by atoms with Gasteiger partial charge in [0.15, 0.2) is 6.61 Å². The Balaban J connectivity index is 1.86. The Morgan fingerprint density at radius 1 is 1.22 bits per heavy atom. The van der Waals surface area contributed by atoms with Crippen LogP contribution < -0.4 is 5.32 Å². The molecular formula is C17H15BrFNO3. The number of halogens is 2. The Kier molecular flexibility index (Phi) is 5.87. The lowest BCUT2D eigenvalue weighted by Crippen LogP contribution is -2.28. The molecule has 0 aliphatic rings. The van der Waals surface area contributed by atoms with E-state index < -0.39 is 24.3 Å². The van der Waals surface area contributed by atoms with Gasteiger partial charge in [0.25, 0.3) is 5.91 Å². The van der Waals surface area contributed by atoms with Crippen molar-refractivity contribution in [3.8, 4) is 0 Å². The molecule has 0 radical (unpaired) electrons. The van der Waals surface area contributed by atoms with Crippen molar-refractivity contribution in [3.63, 3.8) is 0 Å². The third kappa shape index (κ3) is 4.89. The van der Waals surface area contributed by atoms with E-state index in [1.54, 1.807) is 0 Å². The van der Waals surface area contributed by atoms with Gasteiger partial charge in [-0.1, -0.05) is 24.3 Å². The predicted molar refractivity (Wildman–Crippen MR) is 87.4 cm³/mol. The van der Waals surface area contributed by atoms with Crippen molar-refractivity contribution >= 4 is 27.8 Å². The fourth-order valence-electron chi connectivity index (χ4n) is 1.92. The van der Waals surface area contributed by atoms with Crippen molar-refractivity contribution in [1.82, 2.24) is 5.32 Å². The zero-order valence-electron chi connectivity index (χ0n) is 12.4. The predicted octanol–water partition coefficient (Wildman–Crippen LogP) is 3.37. The normalized spacial score (nSPS) is 10.2. The molecular weight excluding hydrogens is 365 g/mol. The average Bonchev–Trinajstić information content (AvgIpc) is 2.54. The smallest absolute Gasteiger partial charge is 0.339 e. The second-order valence-corrected chi connectivity index (χ2v) is 5.76. The molecule has 2 aromatic carbocycles. The van der Waals surface area contributed by atoms with Gasteiger partial charge in [-0.3, -0.25) is 4.79 Å². The molecule has 0 saturated carbocycles. The topological polar surface area (TPSA) is 55.4 Å². The van der Waals surface area contributed by atoms with Crippen LogP contribution in [0.1, 0.15) is 21.5 Å². The first-order valence-corrected chi connectivity index (χ1v) is 7.70. The number of esters is 1. The first kappa shape index (κ1) is 17.1. The number of nitrogens with one attached hydrogen (secondary N) is 1. The largest absolute Gasteiger partial charge is 0.452 e. The number of ether oxygens (including phenoxy) is 1. The summed E-state index contributed by atoms with van der Waals surface area (Å²) in [6, 6.07) is 11.3. The van der Waals surface area contributed by atoms with E-state index in [1.807, 2.05) is 31.2 Å². The number of rotatable bonds is 5. The third-order valence-electron chi connectivity index (χ3n) is 3.22. The Morgan fingerprint density at radius 3 is 2.70 bits per heavy atom. The highest BCUT2D eigenvalue weighted by Crippen LogP contribution is 2.18. The van der Waals surface area contributed by atoms with Gasteiger partial charge in [-0.05, 0) is 52.2 Å². The van der Waals surface area contributed by atoms with E-state index in [0.717, 1.165) is 17.2 Å². The molecule has 0 saturated heterocycles. The summed E-state index contributed by atoms with van der Waals surface area (Å²) < 4.78 is 18.4. The Morgan fingerprint density at radius 2 is 1.96 bits per heavy atom. The van der Waals surface area contributed by atoms with E-state index in [2.05, 4.69) is 21.2 Å². The molecule has 4 nitrogen and oxygen atoms in total. The van der Waals surface area contributed by atoms with E-state index in [1.165, 1.54) is 12.1 Å². The zero-order valence-corrected chi connectivity index (χ0v) is 14.0. The average molecular weight is 380 g/mol. The van der Waals surface area contributed by atoms with Gasteiger partial charge < -0.3 is 10.1 Å². The molecule has 0 heterocycles. The number of hydrogen-bond donors (Lipinski definition) is 1. The molecule has 0 aromatic heterocycles. The number of amides is 1. The zero-order chi connectivity index (χ0) is 16.8. The summed E-state index contributed by atoms with van der Waals surface area (Å²) in [7, 11) is 0. The van der Waals surface area contributed by atoms with E-state index >= 15 is 0 Å². The molecule has 0 aliphatic carbocycles. The first-order valence-electron chi connectivity index (χ1n) is 6.91. The van der Waals surface area contributed by atoms with E-state index in [9.17, 15) is 14.0 Å². The molecule has 0 fully saturated rings. The van der Waals surface area contributed by atoms with Crippen molar-refractivity contribution in [2.75, 3.05) is 6.61 Å². The summed E-state index contributed by atoms with van der Waals surface area (Å²) in [4.78, 5) is 23.6.